The summed E-state index contributed by atoms with van der Waals surface area (Å²) in [5.41, 5.74) is 0.414. The summed E-state index contributed by atoms with van der Waals surface area (Å²) in [6, 6.07) is 6.76. The molecule has 0 saturated carbocycles. The van der Waals surface area contributed by atoms with E-state index in [4.69, 9.17) is 19.2 Å². The van der Waals surface area contributed by atoms with Crippen LogP contribution in [0.3, 0.4) is 0 Å². The van der Waals surface area contributed by atoms with Crippen LogP contribution < -0.4 is 10.3 Å². The van der Waals surface area contributed by atoms with Crippen LogP contribution in [-0.2, 0) is 44.4 Å². The first-order chi connectivity index (χ1) is 18.4. The maximum absolute atomic E-state index is 13.4. The summed E-state index contributed by atoms with van der Waals surface area (Å²) in [6.45, 7) is 10.2. The number of pyridine rings is 2. The topological polar surface area (TPSA) is 137 Å². The highest BCUT2D eigenvalue weighted by Gasteiger charge is 2.45. The molecule has 1 aromatic carbocycles. The Hall–Kier alpha value is -4.02. The number of hydrogen-bond donors (Lipinski definition) is 2. The summed E-state index contributed by atoms with van der Waals surface area (Å²) in [5.74, 6) is -0.897. The number of aliphatic hydroxyl groups is 2. The van der Waals surface area contributed by atoms with Crippen molar-refractivity contribution < 1.29 is 34.0 Å². The number of carbonyl (C=O) groups is 2. The van der Waals surface area contributed by atoms with E-state index in [0.717, 1.165) is 0 Å². The molecule has 5 rings (SSSR count). The number of ether oxygens (including phenoxy) is 3. The Kier molecular flexibility index (Phi) is 6.35. The van der Waals surface area contributed by atoms with Gasteiger partial charge in [0.1, 0.15) is 24.6 Å². The smallest absolute Gasteiger partial charge is 0.343 e. The van der Waals surface area contributed by atoms with Gasteiger partial charge in [0.2, 0.25) is 0 Å². The second-order valence-electron chi connectivity index (χ2n) is 10.8. The van der Waals surface area contributed by atoms with E-state index >= 15 is 0 Å². The molecule has 2 aromatic heterocycles. The van der Waals surface area contributed by atoms with Crippen molar-refractivity contribution in [2.75, 3.05) is 6.61 Å². The Balaban J connectivity index is 1.53. The fourth-order valence-electron chi connectivity index (χ4n) is 4.99. The van der Waals surface area contributed by atoms with Gasteiger partial charge in [-0.3, -0.25) is 4.79 Å². The van der Waals surface area contributed by atoms with Gasteiger partial charge in [-0.15, -0.1) is 0 Å². The second-order valence-corrected chi connectivity index (χ2v) is 10.8. The normalized spacial score (nSPS) is 17.7. The summed E-state index contributed by atoms with van der Waals surface area (Å²) in [7, 11) is 0. The fraction of sp³-hybridized carbons (Fsp3) is 0.379. The van der Waals surface area contributed by atoms with E-state index in [1.54, 1.807) is 52.0 Å². The molecule has 0 saturated heterocycles. The minimum Gasteiger partial charge on any atom is -0.489 e. The zero-order valence-corrected chi connectivity index (χ0v) is 22.3. The molecule has 0 bridgehead atoms. The van der Waals surface area contributed by atoms with Crippen LogP contribution in [0.5, 0.6) is 5.75 Å². The number of aliphatic hydroxyl groups excluding tert-OH is 1. The standard InChI is InChI=1S/C29H30N2O8/c1-6-29(36)21-10-23-24-18(11-31(23)25(33)20(21)14-38-27(29)35)19(12-32)17-9-16(7-8-22(17)30-24)37-13-15(2)26(34)39-28(3,4)5/h7-10,32,36H,2,6,11-14H2,1,3-5H3/t29-/m0/s1. The van der Waals surface area contributed by atoms with Crippen molar-refractivity contribution in [3.05, 3.63) is 69.0 Å². The highest BCUT2D eigenvalue weighted by Crippen LogP contribution is 2.40. The molecule has 0 fully saturated rings. The molecule has 0 aliphatic carbocycles. The van der Waals surface area contributed by atoms with Crippen molar-refractivity contribution in [1.82, 2.24) is 9.55 Å². The first kappa shape index (κ1) is 26.6. The van der Waals surface area contributed by atoms with Gasteiger partial charge in [-0.2, -0.15) is 0 Å². The lowest BCUT2D eigenvalue weighted by atomic mass is 9.86. The SMILES string of the molecule is C=C(COc1ccc2nc3c(c(CO)c2c1)Cn1c-3cc2c(c1=O)COC(=O)[C@]2(O)CC)C(=O)OC(C)(C)C. The van der Waals surface area contributed by atoms with E-state index < -0.39 is 23.1 Å². The molecule has 2 N–H and O–H groups in total. The molecule has 10 nitrogen and oxygen atoms in total. The lowest BCUT2D eigenvalue weighted by Crippen LogP contribution is -2.44. The van der Waals surface area contributed by atoms with E-state index in [9.17, 15) is 24.6 Å². The van der Waals surface area contributed by atoms with Gasteiger partial charge in [-0.05, 0) is 57.0 Å². The number of cyclic esters (lactones) is 1. The summed E-state index contributed by atoms with van der Waals surface area (Å²) in [4.78, 5) is 42.8. The molecule has 1 atom stereocenters. The fourth-order valence-corrected chi connectivity index (χ4v) is 4.99. The van der Waals surface area contributed by atoms with Crippen LogP contribution in [0, 0.1) is 0 Å². The first-order valence-corrected chi connectivity index (χ1v) is 12.7. The summed E-state index contributed by atoms with van der Waals surface area (Å²) >= 11 is 0. The van der Waals surface area contributed by atoms with Crippen molar-refractivity contribution in [3.8, 4) is 17.1 Å². The average molecular weight is 535 g/mol. The van der Waals surface area contributed by atoms with Gasteiger partial charge < -0.3 is 29.0 Å². The maximum Gasteiger partial charge on any atom is 0.343 e. The van der Waals surface area contributed by atoms with Crippen LogP contribution in [0.2, 0.25) is 0 Å². The number of benzene rings is 1. The third kappa shape index (κ3) is 4.39. The van der Waals surface area contributed by atoms with Gasteiger partial charge >= 0.3 is 11.9 Å². The number of nitrogens with zero attached hydrogens (tertiary/aromatic N) is 2. The molecular weight excluding hydrogens is 504 g/mol. The van der Waals surface area contributed by atoms with Gasteiger partial charge in [-0.1, -0.05) is 13.5 Å². The first-order valence-electron chi connectivity index (χ1n) is 12.7. The van der Waals surface area contributed by atoms with Crippen molar-refractivity contribution in [2.45, 2.75) is 65.1 Å². The summed E-state index contributed by atoms with van der Waals surface area (Å²) in [6.07, 6.45) is 0.0464. The number of fused-ring (bicyclic) bond motifs is 5. The van der Waals surface area contributed by atoms with E-state index in [-0.39, 0.29) is 55.0 Å². The summed E-state index contributed by atoms with van der Waals surface area (Å²) in [5, 5.41) is 22.1. The van der Waals surface area contributed by atoms with Crippen molar-refractivity contribution in [2.24, 2.45) is 0 Å². The van der Waals surface area contributed by atoms with Crippen LogP contribution >= 0.6 is 0 Å². The molecule has 39 heavy (non-hydrogen) atoms. The third-order valence-electron chi connectivity index (χ3n) is 7.04. The lowest BCUT2D eigenvalue weighted by molar-refractivity contribution is -0.172. The minimum absolute atomic E-state index is 0.0464. The molecular formula is C29H30N2O8. The minimum atomic E-state index is -1.92. The number of esters is 2. The predicted molar refractivity (Wildman–Crippen MR) is 141 cm³/mol. The molecule has 0 unspecified atom stereocenters. The van der Waals surface area contributed by atoms with Gasteiger partial charge in [0.15, 0.2) is 5.60 Å². The summed E-state index contributed by atoms with van der Waals surface area (Å²) < 4.78 is 17.7. The molecule has 10 heteroatoms. The number of carbonyl (C=O) groups excluding carboxylic acids is 2. The molecule has 4 heterocycles. The molecule has 2 aliphatic rings. The van der Waals surface area contributed by atoms with Gasteiger partial charge in [0.25, 0.3) is 5.56 Å². The molecule has 3 aromatic rings. The highest BCUT2D eigenvalue weighted by atomic mass is 16.6. The van der Waals surface area contributed by atoms with Crippen molar-refractivity contribution in [1.29, 1.82) is 0 Å². The molecule has 2 aliphatic heterocycles. The zero-order valence-electron chi connectivity index (χ0n) is 22.3. The molecule has 0 radical (unpaired) electrons. The number of rotatable bonds is 6. The number of hydrogen-bond acceptors (Lipinski definition) is 9. The van der Waals surface area contributed by atoms with Crippen LogP contribution in [0.15, 0.2) is 41.2 Å². The quantitative estimate of drug-likeness (QED) is 0.283. The lowest BCUT2D eigenvalue weighted by Gasteiger charge is -2.31. The Bertz CT molecular complexity index is 1610. The van der Waals surface area contributed by atoms with Gasteiger partial charge in [-0.25, -0.2) is 14.6 Å². The van der Waals surface area contributed by atoms with E-state index in [0.29, 0.717) is 39.2 Å². The Labute approximate surface area is 224 Å². The van der Waals surface area contributed by atoms with Crippen LogP contribution in [-0.4, -0.2) is 43.9 Å². The monoisotopic (exact) mass is 534 g/mol. The Morgan fingerprint density at radius 1 is 1.23 bits per heavy atom. The second kappa shape index (κ2) is 9.32. The van der Waals surface area contributed by atoms with E-state index in [2.05, 4.69) is 6.58 Å². The molecule has 204 valence electrons. The van der Waals surface area contributed by atoms with Gasteiger partial charge in [0, 0.05) is 16.5 Å². The average Bonchev–Trinajstić information content (AvgIpc) is 3.25. The number of aromatic nitrogens is 2. The largest absolute Gasteiger partial charge is 0.489 e. The third-order valence-corrected chi connectivity index (χ3v) is 7.04. The van der Waals surface area contributed by atoms with Crippen molar-refractivity contribution in [3.63, 3.8) is 0 Å². The van der Waals surface area contributed by atoms with Crippen molar-refractivity contribution >= 4 is 22.8 Å². The van der Waals surface area contributed by atoms with Crippen LogP contribution in [0.25, 0.3) is 22.3 Å². The Morgan fingerprint density at radius 2 is 1.97 bits per heavy atom. The maximum atomic E-state index is 13.4. The van der Waals surface area contributed by atoms with E-state index in [1.165, 1.54) is 4.57 Å². The molecule has 0 spiro atoms. The van der Waals surface area contributed by atoms with Crippen LogP contribution in [0.1, 0.15) is 56.4 Å². The Morgan fingerprint density at radius 3 is 2.64 bits per heavy atom. The zero-order chi connectivity index (χ0) is 28.3. The van der Waals surface area contributed by atoms with Crippen LogP contribution in [0.4, 0.5) is 0 Å². The molecule has 0 amide bonds. The van der Waals surface area contributed by atoms with E-state index in [1.807, 2.05) is 0 Å². The predicted octanol–water partition coefficient (Wildman–Crippen LogP) is 2.85. The van der Waals surface area contributed by atoms with Gasteiger partial charge in [0.05, 0.1) is 41.2 Å². The highest BCUT2D eigenvalue weighted by molar-refractivity contribution is 5.90.